The molecule has 158 valence electrons. The third kappa shape index (κ3) is 4.03. The van der Waals surface area contributed by atoms with E-state index in [0.717, 1.165) is 40.2 Å². The molecule has 4 rings (SSSR count). The van der Waals surface area contributed by atoms with Crippen LogP contribution in [0.3, 0.4) is 0 Å². The number of carbonyl (C=O) groups is 1. The van der Waals surface area contributed by atoms with Gasteiger partial charge in [0.15, 0.2) is 0 Å². The zero-order valence-corrected chi connectivity index (χ0v) is 17.8. The Kier molecular flexibility index (Phi) is 5.99. The highest BCUT2D eigenvalue weighted by atomic mass is 32.1. The highest BCUT2D eigenvalue weighted by Crippen LogP contribution is 2.42. The first-order valence-electron chi connectivity index (χ1n) is 9.94. The topological polar surface area (TPSA) is 82.2 Å². The first kappa shape index (κ1) is 20.7. The molecule has 0 radical (unpaired) electrons. The summed E-state index contributed by atoms with van der Waals surface area (Å²) in [5.74, 6) is -0.479. The number of aryl methyl sites for hydroxylation is 2. The van der Waals surface area contributed by atoms with Gasteiger partial charge in [-0.2, -0.15) is 5.10 Å². The van der Waals surface area contributed by atoms with Crippen molar-refractivity contribution in [2.24, 2.45) is 5.73 Å². The molecule has 2 atom stereocenters. The summed E-state index contributed by atoms with van der Waals surface area (Å²) in [6, 6.07) is 7.99. The number of nitrogens with two attached hydrogens (primary N) is 1. The fourth-order valence-corrected chi connectivity index (χ4v) is 5.11. The van der Waals surface area contributed by atoms with Gasteiger partial charge in [0.05, 0.1) is 22.9 Å². The number of hydrogen-bond acceptors (Lipinski definition) is 5. The number of aromatic nitrogens is 2. The van der Waals surface area contributed by atoms with Crippen LogP contribution in [0.25, 0.3) is 11.3 Å². The van der Waals surface area contributed by atoms with Crippen LogP contribution in [0, 0.1) is 12.7 Å². The van der Waals surface area contributed by atoms with Crippen molar-refractivity contribution in [1.82, 2.24) is 15.1 Å². The molecule has 0 saturated heterocycles. The average Bonchev–Trinajstić information content (AvgIpc) is 3.28. The number of amides is 1. The van der Waals surface area contributed by atoms with E-state index in [0.29, 0.717) is 11.3 Å². The largest absolute Gasteiger partial charge is 0.376 e. The molecular formula is C22H25FN4O2S. The van der Waals surface area contributed by atoms with Gasteiger partial charge in [-0.3, -0.25) is 9.48 Å². The van der Waals surface area contributed by atoms with Gasteiger partial charge in [-0.15, -0.1) is 11.3 Å². The van der Waals surface area contributed by atoms with Crippen LogP contribution in [0.4, 0.5) is 4.39 Å². The molecule has 8 heteroatoms. The van der Waals surface area contributed by atoms with Crippen LogP contribution in [0.5, 0.6) is 0 Å². The van der Waals surface area contributed by atoms with Crippen LogP contribution in [-0.4, -0.2) is 35.4 Å². The standard InChI is InChI=1S/C22H25FN4O2S/c1-13-12-25-27-7-6-18(29-2)21-17(20(13)27)10-19(30-21)22(28)26-16(11-24)9-14-4-3-5-15(23)8-14/h3-5,8,10,12,16,18H,6-7,9,11,24H2,1-2H3,(H,26,28). The van der Waals surface area contributed by atoms with E-state index in [9.17, 15) is 9.18 Å². The molecule has 1 aromatic carbocycles. The molecule has 1 aliphatic heterocycles. The summed E-state index contributed by atoms with van der Waals surface area (Å²) in [7, 11) is 1.69. The highest BCUT2D eigenvalue weighted by molar-refractivity contribution is 7.14. The third-order valence-electron chi connectivity index (χ3n) is 5.43. The maximum Gasteiger partial charge on any atom is 0.261 e. The second-order valence-electron chi connectivity index (χ2n) is 7.54. The van der Waals surface area contributed by atoms with Crippen molar-refractivity contribution in [1.29, 1.82) is 0 Å². The summed E-state index contributed by atoms with van der Waals surface area (Å²) < 4.78 is 21.2. The number of halogens is 1. The smallest absolute Gasteiger partial charge is 0.261 e. The molecule has 0 spiro atoms. The number of hydrogen-bond donors (Lipinski definition) is 2. The van der Waals surface area contributed by atoms with Crippen molar-refractivity contribution in [3.8, 4) is 11.3 Å². The number of nitrogens with zero attached hydrogens (tertiary/aromatic N) is 2. The lowest BCUT2D eigenvalue weighted by Crippen LogP contribution is -2.41. The van der Waals surface area contributed by atoms with E-state index in [1.807, 2.05) is 29.9 Å². The molecule has 2 aromatic heterocycles. The second-order valence-corrected chi connectivity index (χ2v) is 8.62. The molecule has 1 aliphatic rings. The second kappa shape index (κ2) is 8.67. The summed E-state index contributed by atoms with van der Waals surface area (Å²) >= 11 is 1.45. The molecule has 0 bridgehead atoms. The van der Waals surface area contributed by atoms with E-state index in [2.05, 4.69) is 10.4 Å². The molecule has 30 heavy (non-hydrogen) atoms. The van der Waals surface area contributed by atoms with Crippen molar-refractivity contribution in [3.05, 3.63) is 63.2 Å². The van der Waals surface area contributed by atoms with Crippen LogP contribution in [0.1, 0.15) is 38.2 Å². The summed E-state index contributed by atoms with van der Waals surface area (Å²) in [4.78, 5) is 14.7. The Morgan fingerprint density at radius 3 is 3.03 bits per heavy atom. The van der Waals surface area contributed by atoms with Gasteiger partial charge in [0.1, 0.15) is 5.82 Å². The van der Waals surface area contributed by atoms with Gasteiger partial charge in [0.25, 0.3) is 5.91 Å². The number of fused-ring (bicyclic) bond motifs is 3. The molecule has 1 amide bonds. The summed E-state index contributed by atoms with van der Waals surface area (Å²) in [5, 5.41) is 7.47. The fraction of sp³-hybridized carbons (Fsp3) is 0.364. The number of thiophene rings is 1. The van der Waals surface area contributed by atoms with Crippen molar-refractivity contribution in [2.45, 2.75) is 38.5 Å². The van der Waals surface area contributed by atoms with Crippen molar-refractivity contribution < 1.29 is 13.9 Å². The third-order valence-corrected chi connectivity index (χ3v) is 6.66. The van der Waals surface area contributed by atoms with Crippen LogP contribution in [0.15, 0.2) is 36.5 Å². The lowest BCUT2D eigenvalue weighted by molar-refractivity contribution is 0.0941. The van der Waals surface area contributed by atoms with Gasteiger partial charge < -0.3 is 15.8 Å². The molecule has 0 aliphatic carbocycles. The molecule has 6 nitrogen and oxygen atoms in total. The zero-order chi connectivity index (χ0) is 21.3. The Bertz CT molecular complexity index is 1060. The van der Waals surface area contributed by atoms with E-state index < -0.39 is 0 Å². The molecular weight excluding hydrogens is 403 g/mol. The Balaban J connectivity index is 1.59. The van der Waals surface area contributed by atoms with E-state index in [-0.39, 0.29) is 30.4 Å². The highest BCUT2D eigenvalue weighted by Gasteiger charge is 2.28. The SMILES string of the molecule is COC1CCn2ncc(C)c2-c2cc(C(=O)NC(CN)Cc3cccc(F)c3)sc21. The lowest BCUT2D eigenvalue weighted by Gasteiger charge is -2.16. The van der Waals surface area contributed by atoms with Gasteiger partial charge in [-0.05, 0) is 49.1 Å². The normalized spacial score (nSPS) is 16.5. The minimum atomic E-state index is -0.297. The molecule has 3 aromatic rings. The molecule has 2 unspecified atom stereocenters. The number of rotatable bonds is 6. The minimum Gasteiger partial charge on any atom is -0.376 e. The van der Waals surface area contributed by atoms with Crippen molar-refractivity contribution >= 4 is 17.2 Å². The first-order chi connectivity index (χ1) is 14.5. The molecule has 3 N–H and O–H groups in total. The number of benzene rings is 1. The van der Waals surface area contributed by atoms with Gasteiger partial charge >= 0.3 is 0 Å². The van der Waals surface area contributed by atoms with Crippen molar-refractivity contribution in [2.75, 3.05) is 13.7 Å². The summed E-state index contributed by atoms with van der Waals surface area (Å²) in [6.07, 6.45) is 3.04. The number of nitrogens with one attached hydrogen (secondary N) is 1. The van der Waals surface area contributed by atoms with Crippen LogP contribution < -0.4 is 11.1 Å². The minimum absolute atomic E-state index is 0.0785. The Hall–Kier alpha value is -2.55. The zero-order valence-electron chi connectivity index (χ0n) is 17.0. The van der Waals surface area contributed by atoms with Crippen LogP contribution in [0.2, 0.25) is 0 Å². The molecule has 3 heterocycles. The predicted octanol–water partition coefficient (Wildman–Crippen LogP) is 3.45. The fourth-order valence-electron chi connectivity index (χ4n) is 3.93. The summed E-state index contributed by atoms with van der Waals surface area (Å²) in [6.45, 7) is 3.06. The lowest BCUT2D eigenvalue weighted by atomic mass is 10.1. The van der Waals surface area contributed by atoms with E-state index in [4.69, 9.17) is 10.5 Å². The Labute approximate surface area is 178 Å². The van der Waals surface area contributed by atoms with Gasteiger partial charge in [-0.25, -0.2) is 4.39 Å². The van der Waals surface area contributed by atoms with Gasteiger partial charge in [0, 0.05) is 36.7 Å². The van der Waals surface area contributed by atoms with Crippen molar-refractivity contribution in [3.63, 3.8) is 0 Å². The predicted molar refractivity (Wildman–Crippen MR) is 115 cm³/mol. The maximum absolute atomic E-state index is 13.5. The van der Waals surface area contributed by atoms with E-state index >= 15 is 0 Å². The van der Waals surface area contributed by atoms with Crippen LogP contribution >= 0.6 is 11.3 Å². The monoisotopic (exact) mass is 428 g/mol. The van der Waals surface area contributed by atoms with Gasteiger partial charge in [0.2, 0.25) is 0 Å². The number of methoxy groups -OCH3 is 1. The first-order valence-corrected chi connectivity index (χ1v) is 10.8. The quantitative estimate of drug-likeness (QED) is 0.630. The Morgan fingerprint density at radius 2 is 2.30 bits per heavy atom. The Morgan fingerprint density at radius 1 is 1.47 bits per heavy atom. The molecule has 0 fully saturated rings. The summed E-state index contributed by atoms with van der Waals surface area (Å²) in [5.41, 5.74) is 9.79. The van der Waals surface area contributed by atoms with E-state index in [1.54, 1.807) is 13.2 Å². The average molecular weight is 429 g/mol. The number of ether oxygens (including phenoxy) is 1. The molecule has 0 saturated carbocycles. The number of carbonyl (C=O) groups excluding carboxylic acids is 1. The van der Waals surface area contributed by atoms with Crippen LogP contribution in [-0.2, 0) is 17.7 Å². The van der Waals surface area contributed by atoms with Gasteiger partial charge in [-0.1, -0.05) is 12.1 Å². The maximum atomic E-state index is 13.5. The van der Waals surface area contributed by atoms with E-state index in [1.165, 1.54) is 23.5 Å².